The molecule has 0 bridgehead atoms. The normalized spacial score (nSPS) is 16.4. The predicted molar refractivity (Wildman–Crippen MR) is 121 cm³/mol. The van der Waals surface area contributed by atoms with Crippen molar-refractivity contribution in [2.75, 3.05) is 6.61 Å². The first kappa shape index (κ1) is 21.9. The van der Waals surface area contributed by atoms with Gasteiger partial charge in [-0.2, -0.15) is 0 Å². The number of amides is 1. The third-order valence-electron chi connectivity index (χ3n) is 4.15. The van der Waals surface area contributed by atoms with Crippen LogP contribution in [-0.2, 0) is 9.53 Å². The van der Waals surface area contributed by atoms with E-state index in [2.05, 4.69) is 20.9 Å². The van der Waals surface area contributed by atoms with E-state index in [9.17, 15) is 19.8 Å². The molecule has 0 unspecified atom stereocenters. The molecule has 0 aliphatic carbocycles. The topological polar surface area (TPSA) is 96.2 Å². The molecule has 30 heavy (non-hydrogen) atoms. The van der Waals surface area contributed by atoms with Gasteiger partial charge in [-0.15, -0.1) is 0 Å². The molecular weight excluding hydrogens is 470 g/mol. The molecule has 1 amide bonds. The summed E-state index contributed by atoms with van der Waals surface area (Å²) in [6.45, 7) is 3.65. The number of benzene rings is 2. The van der Waals surface area contributed by atoms with Crippen LogP contribution >= 0.6 is 27.7 Å². The van der Waals surface area contributed by atoms with Crippen LogP contribution in [-0.4, -0.2) is 33.7 Å². The SMILES string of the molecule is CCOC(=O)C1=C(O)/C(=C/c2cc(Br)ccc2O)SC1=NC(=O)c1ccc(C)cc1. The highest BCUT2D eigenvalue weighted by atomic mass is 79.9. The fourth-order valence-electron chi connectivity index (χ4n) is 2.63. The zero-order valence-electron chi connectivity index (χ0n) is 16.2. The Hall–Kier alpha value is -2.84. The van der Waals surface area contributed by atoms with E-state index in [0.29, 0.717) is 11.1 Å². The Morgan fingerprint density at radius 2 is 1.87 bits per heavy atom. The highest BCUT2D eigenvalue weighted by molar-refractivity contribution is 9.10. The van der Waals surface area contributed by atoms with Crippen molar-refractivity contribution in [3.05, 3.63) is 79.9 Å². The minimum Gasteiger partial charge on any atom is -0.507 e. The number of aliphatic hydroxyl groups excluding tert-OH is 1. The summed E-state index contributed by atoms with van der Waals surface area (Å²) in [4.78, 5) is 29.3. The fourth-order valence-corrected chi connectivity index (χ4v) is 4.01. The van der Waals surface area contributed by atoms with Crippen LogP contribution in [0.4, 0.5) is 0 Å². The van der Waals surface area contributed by atoms with E-state index in [1.807, 2.05) is 6.92 Å². The van der Waals surface area contributed by atoms with Gasteiger partial charge < -0.3 is 14.9 Å². The van der Waals surface area contributed by atoms with Crippen LogP contribution in [0, 0.1) is 6.92 Å². The molecule has 154 valence electrons. The largest absolute Gasteiger partial charge is 0.507 e. The van der Waals surface area contributed by atoms with Crippen LogP contribution in [0.2, 0.25) is 0 Å². The molecule has 8 heteroatoms. The maximum absolute atomic E-state index is 12.6. The number of thioether (sulfide) groups is 1. The number of aliphatic hydroxyl groups is 1. The molecule has 0 fully saturated rings. The summed E-state index contributed by atoms with van der Waals surface area (Å²) < 4.78 is 5.75. The molecule has 2 aromatic carbocycles. The minimum atomic E-state index is -0.778. The lowest BCUT2D eigenvalue weighted by Gasteiger charge is -2.03. The number of rotatable bonds is 4. The number of phenolic OH excluding ortho intramolecular Hbond substituents is 1. The Bertz CT molecular complexity index is 1100. The quantitative estimate of drug-likeness (QED) is 0.577. The molecule has 1 heterocycles. The summed E-state index contributed by atoms with van der Waals surface area (Å²) in [5.41, 5.74) is 1.60. The van der Waals surface area contributed by atoms with E-state index in [-0.39, 0.29) is 33.6 Å². The van der Waals surface area contributed by atoms with Crippen molar-refractivity contribution in [2.45, 2.75) is 13.8 Å². The highest BCUT2D eigenvalue weighted by Crippen LogP contribution is 2.40. The molecule has 0 saturated heterocycles. The van der Waals surface area contributed by atoms with E-state index in [4.69, 9.17) is 4.74 Å². The number of esters is 1. The second-order valence-electron chi connectivity index (χ2n) is 6.35. The van der Waals surface area contributed by atoms with E-state index < -0.39 is 11.9 Å². The lowest BCUT2D eigenvalue weighted by Crippen LogP contribution is -2.14. The Kier molecular flexibility index (Phi) is 6.79. The average molecular weight is 488 g/mol. The molecule has 0 aromatic heterocycles. The molecule has 6 nitrogen and oxygen atoms in total. The number of hydrogen-bond acceptors (Lipinski definition) is 6. The molecule has 1 aliphatic rings. The zero-order chi connectivity index (χ0) is 21.8. The number of ether oxygens (including phenoxy) is 1. The third kappa shape index (κ3) is 4.83. The summed E-state index contributed by atoms with van der Waals surface area (Å²) in [7, 11) is 0. The van der Waals surface area contributed by atoms with Crippen molar-refractivity contribution >= 4 is 50.7 Å². The van der Waals surface area contributed by atoms with Gasteiger partial charge in [0, 0.05) is 15.6 Å². The van der Waals surface area contributed by atoms with Gasteiger partial charge in [0.15, 0.2) is 0 Å². The van der Waals surface area contributed by atoms with Gasteiger partial charge in [0.1, 0.15) is 22.1 Å². The highest BCUT2D eigenvalue weighted by Gasteiger charge is 2.34. The molecule has 2 N–H and O–H groups in total. The number of aromatic hydroxyl groups is 1. The number of phenols is 1. The van der Waals surface area contributed by atoms with E-state index in [1.54, 1.807) is 43.3 Å². The number of carbonyl (C=O) groups excluding carboxylic acids is 2. The van der Waals surface area contributed by atoms with Crippen molar-refractivity contribution in [1.82, 2.24) is 0 Å². The first-order valence-corrected chi connectivity index (χ1v) is 10.6. The van der Waals surface area contributed by atoms with Gasteiger partial charge in [0.05, 0.1) is 11.5 Å². The van der Waals surface area contributed by atoms with Crippen LogP contribution in [0.25, 0.3) is 6.08 Å². The monoisotopic (exact) mass is 487 g/mol. The smallest absolute Gasteiger partial charge is 0.344 e. The predicted octanol–water partition coefficient (Wildman–Crippen LogP) is 5.16. The van der Waals surface area contributed by atoms with Gasteiger partial charge in [-0.25, -0.2) is 9.79 Å². The zero-order valence-corrected chi connectivity index (χ0v) is 18.6. The Morgan fingerprint density at radius 1 is 1.17 bits per heavy atom. The Morgan fingerprint density at radius 3 is 2.53 bits per heavy atom. The molecule has 0 radical (unpaired) electrons. The number of aliphatic imine (C=N–C) groups is 1. The second kappa shape index (κ2) is 9.32. The van der Waals surface area contributed by atoms with Gasteiger partial charge in [0.2, 0.25) is 0 Å². The fraction of sp³-hybridized carbons (Fsp3) is 0.136. The van der Waals surface area contributed by atoms with Gasteiger partial charge >= 0.3 is 5.97 Å². The van der Waals surface area contributed by atoms with Gasteiger partial charge in [0.25, 0.3) is 5.91 Å². The van der Waals surface area contributed by atoms with Crippen LogP contribution in [0.1, 0.15) is 28.4 Å². The molecular formula is C22H18BrNO5S. The molecule has 3 rings (SSSR count). The van der Waals surface area contributed by atoms with Crippen molar-refractivity contribution in [2.24, 2.45) is 4.99 Å². The molecule has 2 aromatic rings. The first-order chi connectivity index (χ1) is 14.3. The van der Waals surface area contributed by atoms with Crippen molar-refractivity contribution in [3.8, 4) is 5.75 Å². The molecule has 1 aliphatic heterocycles. The maximum atomic E-state index is 12.6. The van der Waals surface area contributed by atoms with Gasteiger partial charge in [-0.05, 0) is 50.3 Å². The number of carbonyl (C=O) groups is 2. The van der Waals surface area contributed by atoms with Crippen LogP contribution in [0.3, 0.4) is 0 Å². The summed E-state index contributed by atoms with van der Waals surface area (Å²) in [5, 5.41) is 20.8. The van der Waals surface area contributed by atoms with Crippen LogP contribution < -0.4 is 0 Å². The summed E-state index contributed by atoms with van der Waals surface area (Å²) >= 11 is 4.28. The van der Waals surface area contributed by atoms with E-state index in [0.717, 1.165) is 21.8 Å². The average Bonchev–Trinajstić information content (AvgIpc) is 3.00. The standard InChI is InChI=1S/C22H18BrNO5S/c1-3-29-22(28)18-19(26)17(11-14-10-15(23)8-9-16(14)25)30-21(18)24-20(27)13-6-4-12(2)5-7-13/h4-11,25-26H,3H2,1-2H3/b17-11-,24-21?. The summed E-state index contributed by atoms with van der Waals surface area (Å²) in [6.07, 6.45) is 1.51. The lowest BCUT2D eigenvalue weighted by molar-refractivity contribution is -0.138. The Balaban J connectivity index is 2.04. The number of nitrogens with zero attached hydrogens (tertiary/aromatic N) is 1. The molecule has 0 saturated carbocycles. The lowest BCUT2D eigenvalue weighted by atomic mass is 10.1. The summed E-state index contributed by atoms with van der Waals surface area (Å²) in [5.74, 6) is -1.68. The Labute approximate surface area is 186 Å². The summed E-state index contributed by atoms with van der Waals surface area (Å²) in [6, 6.07) is 11.7. The van der Waals surface area contributed by atoms with Gasteiger partial charge in [-0.3, -0.25) is 4.79 Å². The molecule has 0 atom stereocenters. The maximum Gasteiger partial charge on any atom is 0.344 e. The minimum absolute atomic E-state index is 0.00194. The molecule has 0 spiro atoms. The van der Waals surface area contributed by atoms with Crippen molar-refractivity contribution < 1.29 is 24.5 Å². The third-order valence-corrected chi connectivity index (χ3v) is 5.66. The van der Waals surface area contributed by atoms with E-state index >= 15 is 0 Å². The van der Waals surface area contributed by atoms with Crippen LogP contribution in [0.15, 0.2) is 68.2 Å². The van der Waals surface area contributed by atoms with E-state index in [1.165, 1.54) is 12.1 Å². The number of aryl methyl sites for hydroxylation is 1. The first-order valence-electron chi connectivity index (χ1n) is 8.99. The van der Waals surface area contributed by atoms with Crippen molar-refractivity contribution in [3.63, 3.8) is 0 Å². The van der Waals surface area contributed by atoms with Gasteiger partial charge in [-0.1, -0.05) is 45.4 Å². The van der Waals surface area contributed by atoms with Crippen molar-refractivity contribution in [1.29, 1.82) is 0 Å². The number of hydrogen-bond donors (Lipinski definition) is 2. The van der Waals surface area contributed by atoms with Crippen LogP contribution in [0.5, 0.6) is 5.75 Å². The second-order valence-corrected chi connectivity index (χ2v) is 8.29. The number of halogens is 1.